The molecule has 2 aliphatic carbocycles. The van der Waals surface area contributed by atoms with Gasteiger partial charge < -0.3 is 5.32 Å². The lowest BCUT2D eigenvalue weighted by atomic mass is 9.96. The van der Waals surface area contributed by atoms with Crippen LogP contribution >= 0.6 is 11.5 Å². The fourth-order valence-corrected chi connectivity index (χ4v) is 3.57. The van der Waals surface area contributed by atoms with Gasteiger partial charge in [-0.2, -0.15) is 4.37 Å². The first kappa shape index (κ1) is 8.65. The van der Waals surface area contributed by atoms with Crippen LogP contribution in [-0.4, -0.2) is 15.4 Å². The molecule has 4 heteroatoms. The zero-order valence-electron chi connectivity index (χ0n) is 8.36. The van der Waals surface area contributed by atoms with Gasteiger partial charge in [-0.05, 0) is 38.0 Å². The van der Waals surface area contributed by atoms with Gasteiger partial charge in [-0.1, -0.05) is 6.42 Å². The maximum atomic E-state index is 4.35. The third-order valence-corrected chi connectivity index (χ3v) is 4.31. The third kappa shape index (κ3) is 1.41. The van der Waals surface area contributed by atoms with Crippen molar-refractivity contribution in [2.45, 2.75) is 38.6 Å². The maximum absolute atomic E-state index is 4.35. The van der Waals surface area contributed by atoms with Gasteiger partial charge in [0.15, 0.2) is 0 Å². The van der Waals surface area contributed by atoms with E-state index in [1.54, 1.807) is 0 Å². The minimum absolute atomic E-state index is 0.682. The summed E-state index contributed by atoms with van der Waals surface area (Å²) in [5.74, 6) is 2.79. The Morgan fingerprint density at radius 3 is 2.86 bits per heavy atom. The Labute approximate surface area is 88.1 Å². The van der Waals surface area contributed by atoms with Gasteiger partial charge in [-0.15, -0.1) is 0 Å². The molecule has 2 aliphatic rings. The summed E-state index contributed by atoms with van der Waals surface area (Å²) in [6.07, 6.45) is 5.66. The highest BCUT2D eigenvalue weighted by Gasteiger charge is 2.39. The Morgan fingerprint density at radius 2 is 2.29 bits per heavy atom. The van der Waals surface area contributed by atoms with E-state index in [2.05, 4.69) is 14.7 Å². The molecule has 76 valence electrons. The van der Waals surface area contributed by atoms with E-state index in [1.165, 1.54) is 37.2 Å². The lowest BCUT2D eigenvalue weighted by Crippen LogP contribution is -2.25. The summed E-state index contributed by atoms with van der Waals surface area (Å²) in [6.45, 7) is 1.95. The quantitative estimate of drug-likeness (QED) is 0.813. The van der Waals surface area contributed by atoms with E-state index in [1.807, 2.05) is 6.92 Å². The van der Waals surface area contributed by atoms with Gasteiger partial charge in [0.25, 0.3) is 0 Å². The highest BCUT2D eigenvalue weighted by atomic mass is 32.1. The lowest BCUT2D eigenvalue weighted by molar-refractivity contribution is 0.439. The second-order valence-electron chi connectivity index (χ2n) is 4.57. The van der Waals surface area contributed by atoms with Gasteiger partial charge in [0.2, 0.25) is 5.13 Å². The van der Waals surface area contributed by atoms with Crippen molar-refractivity contribution in [3.8, 4) is 0 Å². The van der Waals surface area contributed by atoms with E-state index in [0.29, 0.717) is 6.04 Å². The molecular weight excluding hydrogens is 194 g/mol. The summed E-state index contributed by atoms with van der Waals surface area (Å²) in [4.78, 5) is 4.35. The van der Waals surface area contributed by atoms with Gasteiger partial charge in [-0.25, -0.2) is 4.98 Å². The molecule has 3 rings (SSSR count). The van der Waals surface area contributed by atoms with Crippen LogP contribution < -0.4 is 5.32 Å². The average molecular weight is 209 g/mol. The Balaban J connectivity index is 1.68. The summed E-state index contributed by atoms with van der Waals surface area (Å²) in [7, 11) is 0. The monoisotopic (exact) mass is 209 g/mol. The third-order valence-electron chi connectivity index (χ3n) is 3.57. The molecule has 1 aromatic heterocycles. The number of aromatic nitrogens is 2. The number of rotatable bonds is 2. The van der Waals surface area contributed by atoms with Crippen molar-refractivity contribution < 1.29 is 0 Å². The van der Waals surface area contributed by atoms with Crippen molar-refractivity contribution in [2.24, 2.45) is 11.8 Å². The van der Waals surface area contributed by atoms with E-state index < -0.39 is 0 Å². The zero-order valence-corrected chi connectivity index (χ0v) is 9.18. The normalized spacial score (nSPS) is 35.1. The van der Waals surface area contributed by atoms with Crippen molar-refractivity contribution in [3.63, 3.8) is 0 Å². The smallest absolute Gasteiger partial charge is 0.202 e. The molecular formula is C10H15N3S. The predicted molar refractivity (Wildman–Crippen MR) is 57.5 cm³/mol. The molecule has 14 heavy (non-hydrogen) atoms. The molecule has 2 fully saturated rings. The average Bonchev–Trinajstić information content (AvgIpc) is 2.82. The fraction of sp³-hybridized carbons (Fsp3) is 0.800. The Hall–Kier alpha value is -0.640. The summed E-state index contributed by atoms with van der Waals surface area (Å²) in [5.41, 5.74) is 0. The van der Waals surface area contributed by atoms with E-state index >= 15 is 0 Å². The van der Waals surface area contributed by atoms with Gasteiger partial charge in [-0.3, -0.25) is 0 Å². The molecule has 1 heterocycles. The highest BCUT2D eigenvalue weighted by molar-refractivity contribution is 7.09. The van der Waals surface area contributed by atoms with Crippen LogP contribution in [0.5, 0.6) is 0 Å². The number of fused-ring (bicyclic) bond motifs is 2. The van der Waals surface area contributed by atoms with Gasteiger partial charge in [0.1, 0.15) is 5.82 Å². The summed E-state index contributed by atoms with van der Waals surface area (Å²) in [6, 6.07) is 0.682. The predicted octanol–water partition coefficient (Wildman–Crippen LogP) is 2.45. The lowest BCUT2D eigenvalue weighted by Gasteiger charge is -2.21. The molecule has 3 atom stereocenters. The molecule has 0 spiro atoms. The molecule has 1 aromatic rings. The fourth-order valence-electron chi connectivity index (χ4n) is 2.94. The second kappa shape index (κ2) is 3.19. The molecule has 0 radical (unpaired) electrons. The van der Waals surface area contributed by atoms with Crippen molar-refractivity contribution in [1.82, 2.24) is 9.36 Å². The highest BCUT2D eigenvalue weighted by Crippen LogP contribution is 2.45. The van der Waals surface area contributed by atoms with E-state index in [-0.39, 0.29) is 0 Å². The van der Waals surface area contributed by atoms with Crippen LogP contribution in [0.25, 0.3) is 0 Å². The van der Waals surface area contributed by atoms with Crippen LogP contribution in [0.4, 0.5) is 5.13 Å². The van der Waals surface area contributed by atoms with Crippen LogP contribution in [0.2, 0.25) is 0 Å². The van der Waals surface area contributed by atoms with Crippen molar-refractivity contribution in [1.29, 1.82) is 0 Å². The van der Waals surface area contributed by atoms with Gasteiger partial charge in [0.05, 0.1) is 0 Å². The molecule has 3 nitrogen and oxygen atoms in total. The van der Waals surface area contributed by atoms with E-state index in [0.717, 1.165) is 22.8 Å². The minimum atomic E-state index is 0.682. The number of hydrogen-bond acceptors (Lipinski definition) is 4. The summed E-state index contributed by atoms with van der Waals surface area (Å²) >= 11 is 1.49. The number of nitrogens with one attached hydrogen (secondary N) is 1. The number of anilines is 1. The molecule has 0 saturated heterocycles. The van der Waals surface area contributed by atoms with Crippen molar-refractivity contribution in [3.05, 3.63) is 5.82 Å². The number of aryl methyl sites for hydroxylation is 1. The standard InChI is InChI=1S/C10H15N3S/c1-6-11-10(14-13-6)12-9-5-7-2-3-8(9)4-7/h7-9H,2-5H2,1H3,(H,11,12,13). The minimum Gasteiger partial charge on any atom is -0.357 e. The van der Waals surface area contributed by atoms with Crippen LogP contribution in [0, 0.1) is 18.8 Å². The number of hydrogen-bond donors (Lipinski definition) is 1. The van der Waals surface area contributed by atoms with Crippen LogP contribution in [0.1, 0.15) is 31.5 Å². The molecule has 0 aromatic carbocycles. The second-order valence-corrected chi connectivity index (χ2v) is 5.32. The van der Waals surface area contributed by atoms with Crippen molar-refractivity contribution in [2.75, 3.05) is 5.32 Å². The van der Waals surface area contributed by atoms with Crippen LogP contribution in [0.15, 0.2) is 0 Å². The SMILES string of the molecule is Cc1nsc(NC2CC3CCC2C3)n1. The molecule has 2 saturated carbocycles. The summed E-state index contributed by atoms with van der Waals surface area (Å²) < 4.78 is 4.19. The van der Waals surface area contributed by atoms with Crippen LogP contribution in [-0.2, 0) is 0 Å². The summed E-state index contributed by atoms with van der Waals surface area (Å²) in [5, 5.41) is 4.55. The largest absolute Gasteiger partial charge is 0.357 e. The topological polar surface area (TPSA) is 37.8 Å². The first-order valence-corrected chi connectivity index (χ1v) is 6.15. The maximum Gasteiger partial charge on any atom is 0.202 e. The first-order valence-electron chi connectivity index (χ1n) is 5.38. The Morgan fingerprint density at radius 1 is 1.36 bits per heavy atom. The Bertz CT molecular complexity index is 336. The van der Waals surface area contributed by atoms with E-state index in [9.17, 15) is 0 Å². The van der Waals surface area contributed by atoms with Crippen LogP contribution in [0.3, 0.4) is 0 Å². The molecule has 0 aliphatic heterocycles. The molecule has 3 unspecified atom stereocenters. The molecule has 0 amide bonds. The first-order chi connectivity index (χ1) is 6.81. The number of nitrogens with zero attached hydrogens (tertiary/aromatic N) is 2. The van der Waals surface area contributed by atoms with E-state index in [4.69, 9.17) is 0 Å². The Kier molecular flexibility index (Phi) is 1.97. The van der Waals surface area contributed by atoms with Gasteiger partial charge in [0, 0.05) is 17.6 Å². The van der Waals surface area contributed by atoms with Crippen molar-refractivity contribution >= 4 is 16.7 Å². The van der Waals surface area contributed by atoms with Gasteiger partial charge >= 0.3 is 0 Å². The molecule has 2 bridgehead atoms. The zero-order chi connectivity index (χ0) is 9.54. The molecule has 1 N–H and O–H groups in total.